The molecule has 0 saturated carbocycles. The van der Waals surface area contributed by atoms with Crippen LogP contribution < -0.4 is 10.1 Å². The Balaban J connectivity index is 2.10. The van der Waals surface area contributed by atoms with Gasteiger partial charge in [-0.25, -0.2) is 0 Å². The Bertz CT molecular complexity index is 536. The number of benzene rings is 1. The molecule has 1 aliphatic rings. The van der Waals surface area contributed by atoms with Crippen molar-refractivity contribution in [1.82, 2.24) is 5.32 Å². The number of alkyl halides is 3. The lowest BCUT2D eigenvalue weighted by Crippen LogP contribution is -2.31. The largest absolute Gasteiger partial charge is 0.487 e. The zero-order chi connectivity index (χ0) is 15.6. The summed E-state index contributed by atoms with van der Waals surface area (Å²) in [6, 6.07) is 2.96. The van der Waals surface area contributed by atoms with Crippen molar-refractivity contribution in [3.05, 3.63) is 28.8 Å². The third kappa shape index (κ3) is 3.59. The fraction of sp³-hybridized carbons (Fsp3) is 0.462. The van der Waals surface area contributed by atoms with Gasteiger partial charge in [-0.15, -0.1) is 0 Å². The van der Waals surface area contributed by atoms with Gasteiger partial charge >= 0.3 is 12.1 Å². The minimum atomic E-state index is -4.54. The second kappa shape index (κ2) is 6.11. The van der Waals surface area contributed by atoms with Crippen LogP contribution in [0.1, 0.15) is 12.0 Å². The molecule has 1 N–H and O–H groups in total. The second-order valence-electron chi connectivity index (χ2n) is 4.58. The van der Waals surface area contributed by atoms with Crippen molar-refractivity contribution in [2.75, 3.05) is 13.7 Å². The smallest absolute Gasteiger partial charge is 0.417 e. The third-order valence-corrected chi connectivity index (χ3v) is 3.53. The lowest BCUT2D eigenvalue weighted by molar-refractivity contribution is -0.142. The predicted molar refractivity (Wildman–Crippen MR) is 69.3 cm³/mol. The van der Waals surface area contributed by atoms with Crippen LogP contribution in [0, 0.1) is 0 Å². The predicted octanol–water partition coefficient (Wildman–Crippen LogP) is 2.64. The van der Waals surface area contributed by atoms with Crippen molar-refractivity contribution >= 4 is 17.6 Å². The quantitative estimate of drug-likeness (QED) is 0.869. The van der Waals surface area contributed by atoms with E-state index in [1.807, 2.05) is 0 Å². The molecule has 1 aromatic rings. The van der Waals surface area contributed by atoms with Crippen molar-refractivity contribution in [1.29, 1.82) is 0 Å². The summed E-state index contributed by atoms with van der Waals surface area (Å²) in [5.74, 6) is -0.486. The van der Waals surface area contributed by atoms with Crippen molar-refractivity contribution in [3.63, 3.8) is 0 Å². The molecule has 8 heteroatoms. The SMILES string of the molecule is COC(=O)[C@@H]1C[C@@H](Oc2cccc(C(F)(F)F)c2Cl)CN1. The number of methoxy groups -OCH3 is 1. The summed E-state index contributed by atoms with van der Waals surface area (Å²) in [5.41, 5.74) is -0.947. The van der Waals surface area contributed by atoms with Crippen molar-refractivity contribution < 1.29 is 27.4 Å². The molecule has 0 aromatic heterocycles. The van der Waals surface area contributed by atoms with Gasteiger partial charge in [0.25, 0.3) is 0 Å². The zero-order valence-corrected chi connectivity index (χ0v) is 11.8. The molecule has 0 unspecified atom stereocenters. The summed E-state index contributed by atoms with van der Waals surface area (Å²) in [4.78, 5) is 11.3. The number of carbonyl (C=O) groups is 1. The van der Waals surface area contributed by atoms with E-state index in [2.05, 4.69) is 10.1 Å². The summed E-state index contributed by atoms with van der Waals surface area (Å²) >= 11 is 5.74. The van der Waals surface area contributed by atoms with E-state index in [-0.39, 0.29) is 5.75 Å². The molecule has 0 amide bonds. The molecule has 2 atom stereocenters. The first kappa shape index (κ1) is 15.9. The molecule has 0 aliphatic carbocycles. The summed E-state index contributed by atoms with van der Waals surface area (Å²) in [7, 11) is 1.27. The van der Waals surface area contributed by atoms with Crippen LogP contribution in [0.5, 0.6) is 5.75 Å². The average Bonchev–Trinajstić information content (AvgIpc) is 2.87. The minimum absolute atomic E-state index is 0.0520. The summed E-state index contributed by atoms with van der Waals surface area (Å²) in [5, 5.41) is 2.40. The van der Waals surface area contributed by atoms with Crippen LogP contribution in [-0.4, -0.2) is 31.8 Å². The monoisotopic (exact) mass is 323 g/mol. The zero-order valence-electron chi connectivity index (χ0n) is 11.0. The Morgan fingerprint density at radius 1 is 1.43 bits per heavy atom. The van der Waals surface area contributed by atoms with E-state index in [9.17, 15) is 18.0 Å². The Morgan fingerprint density at radius 2 is 2.14 bits per heavy atom. The van der Waals surface area contributed by atoms with Crippen LogP contribution in [0.2, 0.25) is 5.02 Å². The second-order valence-corrected chi connectivity index (χ2v) is 4.95. The van der Waals surface area contributed by atoms with E-state index >= 15 is 0 Å². The number of rotatable bonds is 3. The molecule has 4 nitrogen and oxygen atoms in total. The number of hydrogen-bond acceptors (Lipinski definition) is 4. The van der Waals surface area contributed by atoms with Gasteiger partial charge in [-0.3, -0.25) is 4.79 Å². The molecule has 1 aliphatic heterocycles. The van der Waals surface area contributed by atoms with Gasteiger partial charge in [0, 0.05) is 13.0 Å². The van der Waals surface area contributed by atoms with E-state index < -0.39 is 34.9 Å². The van der Waals surface area contributed by atoms with Gasteiger partial charge < -0.3 is 14.8 Å². The summed E-state index contributed by atoms with van der Waals surface area (Å²) in [6.07, 6.45) is -4.69. The highest BCUT2D eigenvalue weighted by molar-refractivity contribution is 6.32. The maximum atomic E-state index is 12.7. The topological polar surface area (TPSA) is 47.6 Å². The molecular weight excluding hydrogens is 311 g/mol. The maximum Gasteiger partial charge on any atom is 0.417 e. The molecule has 1 aromatic carbocycles. The van der Waals surface area contributed by atoms with E-state index in [1.54, 1.807) is 0 Å². The number of esters is 1. The van der Waals surface area contributed by atoms with Gasteiger partial charge in [-0.2, -0.15) is 13.2 Å². The molecule has 1 heterocycles. The Hall–Kier alpha value is -1.47. The van der Waals surface area contributed by atoms with Crippen molar-refractivity contribution in [2.45, 2.75) is 24.7 Å². The molecule has 2 rings (SSSR count). The number of hydrogen-bond donors (Lipinski definition) is 1. The van der Waals surface area contributed by atoms with Crippen LogP contribution in [-0.2, 0) is 15.7 Å². The number of nitrogens with one attached hydrogen (secondary N) is 1. The molecule has 21 heavy (non-hydrogen) atoms. The average molecular weight is 324 g/mol. The molecule has 0 radical (unpaired) electrons. The van der Waals surface area contributed by atoms with Crippen LogP contribution in [0.3, 0.4) is 0 Å². The molecule has 116 valence electrons. The highest BCUT2D eigenvalue weighted by Gasteiger charge is 2.36. The first-order valence-electron chi connectivity index (χ1n) is 6.16. The fourth-order valence-corrected chi connectivity index (χ4v) is 2.39. The summed E-state index contributed by atoms with van der Waals surface area (Å²) in [6.45, 7) is 0.326. The normalized spacial score (nSPS) is 22.1. The van der Waals surface area contributed by atoms with Gasteiger partial charge in [0.1, 0.15) is 17.9 Å². The molecule has 0 bridgehead atoms. The van der Waals surface area contributed by atoms with E-state index in [1.165, 1.54) is 19.2 Å². The molecule has 0 spiro atoms. The number of carbonyl (C=O) groups excluding carboxylic acids is 1. The standard InChI is InChI=1S/C13H13ClF3NO3/c1-20-12(19)9-5-7(6-18-9)21-10-4-2-3-8(11(10)14)13(15,16)17/h2-4,7,9,18H,5-6H2,1H3/t7-,9+/m1/s1. The van der Waals surface area contributed by atoms with Gasteiger partial charge in [0.15, 0.2) is 0 Å². The number of halogens is 4. The lowest BCUT2D eigenvalue weighted by Gasteiger charge is -2.16. The third-order valence-electron chi connectivity index (χ3n) is 3.14. The van der Waals surface area contributed by atoms with Gasteiger partial charge in [-0.05, 0) is 12.1 Å². The van der Waals surface area contributed by atoms with Crippen LogP contribution in [0.15, 0.2) is 18.2 Å². The van der Waals surface area contributed by atoms with Crippen molar-refractivity contribution in [2.24, 2.45) is 0 Å². The Kier molecular flexibility index (Phi) is 4.63. The van der Waals surface area contributed by atoms with Crippen molar-refractivity contribution in [3.8, 4) is 5.75 Å². The Morgan fingerprint density at radius 3 is 2.76 bits per heavy atom. The van der Waals surface area contributed by atoms with Gasteiger partial charge in [0.2, 0.25) is 0 Å². The molecule has 1 saturated heterocycles. The van der Waals surface area contributed by atoms with Gasteiger partial charge in [0.05, 0.1) is 17.7 Å². The maximum absolute atomic E-state index is 12.7. The fourth-order valence-electron chi connectivity index (χ4n) is 2.12. The van der Waals surface area contributed by atoms with Crippen LogP contribution in [0.4, 0.5) is 13.2 Å². The highest BCUT2D eigenvalue weighted by Crippen LogP contribution is 2.39. The molecule has 1 fully saturated rings. The first-order valence-corrected chi connectivity index (χ1v) is 6.54. The number of ether oxygens (including phenoxy) is 2. The van der Waals surface area contributed by atoms with Crippen LogP contribution in [0.25, 0.3) is 0 Å². The van der Waals surface area contributed by atoms with E-state index in [4.69, 9.17) is 16.3 Å². The van der Waals surface area contributed by atoms with Gasteiger partial charge in [-0.1, -0.05) is 17.7 Å². The van der Waals surface area contributed by atoms with E-state index in [0.717, 1.165) is 6.07 Å². The summed E-state index contributed by atoms with van der Waals surface area (Å²) < 4.78 is 48.3. The minimum Gasteiger partial charge on any atom is -0.487 e. The molecular formula is C13H13ClF3NO3. The highest BCUT2D eigenvalue weighted by atomic mass is 35.5. The Labute approximate surface area is 124 Å². The van der Waals surface area contributed by atoms with Crippen LogP contribution >= 0.6 is 11.6 Å². The lowest BCUT2D eigenvalue weighted by atomic mass is 10.2. The first-order chi connectivity index (χ1) is 9.82. The van der Waals surface area contributed by atoms with E-state index in [0.29, 0.717) is 13.0 Å².